The molecule has 0 aliphatic heterocycles. The Morgan fingerprint density at radius 3 is 2.67 bits per heavy atom. The second kappa shape index (κ2) is 6.74. The van der Waals surface area contributed by atoms with Crippen molar-refractivity contribution in [3.05, 3.63) is 47.7 Å². The average molecular weight is 285 g/mol. The molecule has 2 rings (SSSR count). The highest BCUT2D eigenvalue weighted by Crippen LogP contribution is 2.21. The second-order valence-electron chi connectivity index (χ2n) is 4.72. The number of carbonyl (C=O) groups excluding carboxylic acids is 1. The van der Waals surface area contributed by atoms with Crippen LogP contribution in [0.5, 0.6) is 0 Å². The first-order valence-electron chi connectivity index (χ1n) is 6.82. The van der Waals surface area contributed by atoms with Gasteiger partial charge >= 0.3 is 6.09 Å². The monoisotopic (exact) mass is 285 g/mol. The normalized spacial score (nSPS) is 10.0. The lowest BCUT2D eigenvalue weighted by Gasteiger charge is -2.10. The third kappa shape index (κ3) is 4.21. The number of aromatic nitrogens is 1. The van der Waals surface area contributed by atoms with Crippen molar-refractivity contribution in [1.29, 1.82) is 0 Å². The van der Waals surface area contributed by atoms with Crippen molar-refractivity contribution in [1.82, 2.24) is 4.98 Å². The third-order valence-corrected chi connectivity index (χ3v) is 2.93. The van der Waals surface area contributed by atoms with Crippen LogP contribution in [0.4, 0.5) is 22.0 Å². The van der Waals surface area contributed by atoms with E-state index in [9.17, 15) is 4.79 Å². The Morgan fingerprint density at radius 2 is 2.05 bits per heavy atom. The van der Waals surface area contributed by atoms with Crippen LogP contribution in [0.15, 0.2) is 36.5 Å². The van der Waals surface area contributed by atoms with Gasteiger partial charge in [-0.25, -0.2) is 9.78 Å². The second-order valence-corrected chi connectivity index (χ2v) is 4.72. The van der Waals surface area contributed by atoms with Crippen LogP contribution >= 0.6 is 0 Å². The molecule has 21 heavy (non-hydrogen) atoms. The zero-order valence-corrected chi connectivity index (χ0v) is 12.4. The fourth-order valence-electron chi connectivity index (χ4n) is 1.92. The molecule has 1 heterocycles. The molecule has 5 heteroatoms. The van der Waals surface area contributed by atoms with Crippen molar-refractivity contribution in [2.75, 3.05) is 17.2 Å². The van der Waals surface area contributed by atoms with Gasteiger partial charge < -0.3 is 10.1 Å². The highest BCUT2D eigenvalue weighted by molar-refractivity contribution is 5.84. The number of anilines is 3. The van der Waals surface area contributed by atoms with Gasteiger partial charge in [-0.2, -0.15) is 0 Å². The number of amides is 1. The van der Waals surface area contributed by atoms with Gasteiger partial charge in [-0.3, -0.25) is 5.32 Å². The molecule has 0 aliphatic carbocycles. The van der Waals surface area contributed by atoms with Crippen molar-refractivity contribution in [2.24, 2.45) is 0 Å². The molecule has 1 aromatic heterocycles. The van der Waals surface area contributed by atoms with Gasteiger partial charge in [0.05, 0.1) is 18.5 Å². The summed E-state index contributed by atoms with van der Waals surface area (Å²) in [5.41, 5.74) is 3.99. The van der Waals surface area contributed by atoms with Crippen LogP contribution in [0, 0.1) is 13.8 Å². The summed E-state index contributed by atoms with van der Waals surface area (Å²) in [7, 11) is 0. The van der Waals surface area contributed by atoms with Crippen LogP contribution in [0.2, 0.25) is 0 Å². The van der Waals surface area contributed by atoms with Gasteiger partial charge in [0.25, 0.3) is 0 Å². The molecule has 1 aromatic carbocycles. The highest BCUT2D eigenvalue weighted by atomic mass is 16.5. The summed E-state index contributed by atoms with van der Waals surface area (Å²) in [4.78, 5) is 15.6. The third-order valence-electron chi connectivity index (χ3n) is 2.93. The van der Waals surface area contributed by atoms with E-state index in [1.807, 2.05) is 19.1 Å². The summed E-state index contributed by atoms with van der Waals surface area (Å²) in [5.74, 6) is 0.719. The predicted octanol–water partition coefficient (Wildman–Crippen LogP) is 4.01. The number of aryl methyl sites for hydroxylation is 2. The van der Waals surface area contributed by atoms with E-state index >= 15 is 0 Å². The topological polar surface area (TPSA) is 63.2 Å². The van der Waals surface area contributed by atoms with Gasteiger partial charge in [0.2, 0.25) is 0 Å². The standard InChI is InChI=1S/C16H19N3O2/c1-4-21-16(20)18-13-6-8-15(17-10-13)19-14-7-5-11(2)9-12(14)3/h5-10H,4H2,1-3H3,(H,17,19)(H,18,20). The molecule has 2 aromatic rings. The first-order chi connectivity index (χ1) is 10.1. The fourth-order valence-corrected chi connectivity index (χ4v) is 1.92. The number of benzene rings is 1. The Bertz CT molecular complexity index is 624. The Hall–Kier alpha value is -2.56. The van der Waals surface area contributed by atoms with E-state index in [4.69, 9.17) is 4.74 Å². The molecule has 0 saturated heterocycles. The molecule has 0 saturated carbocycles. The maximum absolute atomic E-state index is 11.3. The Kier molecular flexibility index (Phi) is 4.77. The van der Waals surface area contributed by atoms with Crippen LogP contribution < -0.4 is 10.6 Å². The molecule has 1 amide bonds. The van der Waals surface area contributed by atoms with E-state index in [-0.39, 0.29) is 0 Å². The van der Waals surface area contributed by atoms with Gasteiger partial charge in [-0.1, -0.05) is 17.7 Å². The molecule has 0 aliphatic rings. The van der Waals surface area contributed by atoms with Gasteiger partial charge in [0, 0.05) is 5.69 Å². The summed E-state index contributed by atoms with van der Waals surface area (Å²) in [6.45, 7) is 6.21. The minimum absolute atomic E-state index is 0.339. The lowest BCUT2D eigenvalue weighted by molar-refractivity contribution is 0.168. The van der Waals surface area contributed by atoms with Gasteiger partial charge in [0.15, 0.2) is 0 Å². The van der Waals surface area contributed by atoms with Gasteiger partial charge in [-0.15, -0.1) is 0 Å². The first-order valence-corrected chi connectivity index (χ1v) is 6.82. The average Bonchev–Trinajstić information content (AvgIpc) is 2.44. The van der Waals surface area contributed by atoms with E-state index in [0.717, 1.165) is 17.1 Å². The predicted molar refractivity (Wildman–Crippen MR) is 84.1 cm³/mol. The number of nitrogens with zero attached hydrogens (tertiary/aromatic N) is 1. The van der Waals surface area contributed by atoms with E-state index < -0.39 is 6.09 Å². The van der Waals surface area contributed by atoms with Crippen molar-refractivity contribution >= 4 is 23.3 Å². The quantitative estimate of drug-likeness (QED) is 0.891. The van der Waals surface area contributed by atoms with Crippen molar-refractivity contribution < 1.29 is 9.53 Å². The van der Waals surface area contributed by atoms with Crippen LogP contribution in [0.1, 0.15) is 18.1 Å². The molecule has 0 atom stereocenters. The lowest BCUT2D eigenvalue weighted by atomic mass is 10.1. The maximum atomic E-state index is 11.3. The Morgan fingerprint density at radius 1 is 1.24 bits per heavy atom. The van der Waals surface area contributed by atoms with Crippen LogP contribution in [0.3, 0.4) is 0 Å². The zero-order chi connectivity index (χ0) is 15.2. The van der Waals surface area contributed by atoms with Crippen LogP contribution in [0.25, 0.3) is 0 Å². The van der Waals surface area contributed by atoms with Crippen molar-refractivity contribution in [2.45, 2.75) is 20.8 Å². The molecule has 0 fully saturated rings. The largest absolute Gasteiger partial charge is 0.450 e. The molecule has 110 valence electrons. The number of nitrogens with one attached hydrogen (secondary N) is 2. The number of carbonyl (C=O) groups is 1. The zero-order valence-electron chi connectivity index (χ0n) is 12.4. The smallest absolute Gasteiger partial charge is 0.411 e. The van der Waals surface area contributed by atoms with Crippen LogP contribution in [-0.2, 0) is 4.74 Å². The lowest BCUT2D eigenvalue weighted by Crippen LogP contribution is -2.13. The van der Waals surface area contributed by atoms with E-state index in [1.54, 1.807) is 25.3 Å². The minimum Gasteiger partial charge on any atom is -0.450 e. The molecule has 0 spiro atoms. The minimum atomic E-state index is -0.477. The van der Waals surface area contributed by atoms with Gasteiger partial charge in [0.1, 0.15) is 5.82 Å². The maximum Gasteiger partial charge on any atom is 0.411 e. The number of ether oxygens (including phenoxy) is 1. The van der Waals surface area contributed by atoms with E-state index in [2.05, 4.69) is 28.6 Å². The van der Waals surface area contributed by atoms with Crippen LogP contribution in [-0.4, -0.2) is 17.7 Å². The van der Waals surface area contributed by atoms with Crippen molar-refractivity contribution in [3.8, 4) is 0 Å². The number of hydrogen-bond donors (Lipinski definition) is 2. The molecule has 0 unspecified atom stereocenters. The molecule has 2 N–H and O–H groups in total. The van der Waals surface area contributed by atoms with Crippen molar-refractivity contribution in [3.63, 3.8) is 0 Å². The summed E-state index contributed by atoms with van der Waals surface area (Å²) in [5, 5.41) is 5.85. The summed E-state index contributed by atoms with van der Waals surface area (Å²) in [6.07, 6.45) is 1.11. The Balaban J connectivity index is 2.03. The van der Waals surface area contributed by atoms with E-state index in [0.29, 0.717) is 12.3 Å². The van der Waals surface area contributed by atoms with E-state index in [1.165, 1.54) is 5.56 Å². The molecular formula is C16H19N3O2. The SMILES string of the molecule is CCOC(=O)Nc1ccc(Nc2ccc(C)cc2C)nc1. The van der Waals surface area contributed by atoms with Gasteiger partial charge in [-0.05, 0) is 44.5 Å². The number of hydrogen-bond acceptors (Lipinski definition) is 4. The highest BCUT2D eigenvalue weighted by Gasteiger charge is 2.03. The molecule has 5 nitrogen and oxygen atoms in total. The summed E-state index contributed by atoms with van der Waals surface area (Å²) < 4.78 is 4.81. The fraction of sp³-hybridized carbons (Fsp3) is 0.250. The summed E-state index contributed by atoms with van der Waals surface area (Å²) >= 11 is 0. The molecular weight excluding hydrogens is 266 g/mol. The summed E-state index contributed by atoms with van der Waals surface area (Å²) in [6, 6.07) is 9.76. The Labute approximate surface area is 124 Å². The number of rotatable bonds is 4. The number of pyridine rings is 1. The first kappa shape index (κ1) is 14.8. The molecule has 0 radical (unpaired) electrons. The molecule has 0 bridgehead atoms.